The molecular weight excluding hydrogens is 242 g/mol. The zero-order valence-corrected chi connectivity index (χ0v) is 12.1. The number of fused-ring (bicyclic) bond motifs is 1. The number of hydrogen-bond acceptors (Lipinski definition) is 4. The van der Waals surface area contributed by atoms with Gasteiger partial charge in [-0.05, 0) is 30.7 Å². The first kappa shape index (κ1) is 13.3. The molecule has 2 rings (SSSR count). The molecule has 4 heteroatoms. The summed E-state index contributed by atoms with van der Waals surface area (Å²) in [6.07, 6.45) is 1.23. The molecule has 2 N–H and O–H groups in total. The third-order valence-electron chi connectivity index (χ3n) is 3.24. The van der Waals surface area contributed by atoms with Gasteiger partial charge in [-0.25, -0.2) is 4.98 Å². The second-order valence-electron chi connectivity index (χ2n) is 5.06. The van der Waals surface area contributed by atoms with E-state index in [2.05, 4.69) is 49.0 Å². The van der Waals surface area contributed by atoms with Crippen LogP contribution in [0.25, 0.3) is 10.2 Å². The molecule has 0 bridgehead atoms. The second-order valence-corrected chi connectivity index (χ2v) is 6.13. The summed E-state index contributed by atoms with van der Waals surface area (Å²) >= 11 is 1.56. The highest BCUT2D eigenvalue weighted by Gasteiger charge is 2.07. The Bertz CT molecular complexity index is 521. The van der Waals surface area contributed by atoms with E-state index in [1.807, 2.05) is 0 Å². The summed E-state index contributed by atoms with van der Waals surface area (Å²) in [4.78, 5) is 6.65. The molecular formula is C14H21N3S. The molecule has 1 atom stereocenters. The molecule has 3 nitrogen and oxygen atoms in total. The van der Waals surface area contributed by atoms with E-state index in [1.54, 1.807) is 11.3 Å². The van der Waals surface area contributed by atoms with Crippen LogP contribution in [0.4, 0.5) is 5.13 Å². The molecule has 0 aliphatic carbocycles. The molecule has 2 aromatic rings. The standard InChI is InChI=1S/C14H21N3S/c1-4-10(2)8-17(3)9-11-5-6-12-13(7-11)18-14(15)16-12/h5-7,10H,4,8-9H2,1-3H3,(H2,15,16). The zero-order chi connectivity index (χ0) is 13.1. The van der Waals surface area contributed by atoms with Crippen molar-refractivity contribution in [3.63, 3.8) is 0 Å². The zero-order valence-electron chi connectivity index (χ0n) is 11.3. The van der Waals surface area contributed by atoms with Crippen molar-refractivity contribution in [1.82, 2.24) is 9.88 Å². The van der Waals surface area contributed by atoms with Gasteiger partial charge in [0.25, 0.3) is 0 Å². The van der Waals surface area contributed by atoms with Crippen LogP contribution in [0.15, 0.2) is 18.2 Å². The van der Waals surface area contributed by atoms with E-state index in [1.165, 1.54) is 16.7 Å². The van der Waals surface area contributed by atoms with Crippen molar-refractivity contribution in [3.05, 3.63) is 23.8 Å². The lowest BCUT2D eigenvalue weighted by atomic mass is 10.1. The lowest BCUT2D eigenvalue weighted by Crippen LogP contribution is -2.23. The lowest BCUT2D eigenvalue weighted by Gasteiger charge is -2.20. The maximum atomic E-state index is 5.72. The Labute approximate surface area is 113 Å². The van der Waals surface area contributed by atoms with Gasteiger partial charge in [-0.2, -0.15) is 0 Å². The van der Waals surface area contributed by atoms with Crippen LogP contribution in [0.3, 0.4) is 0 Å². The summed E-state index contributed by atoms with van der Waals surface area (Å²) < 4.78 is 1.18. The SMILES string of the molecule is CCC(C)CN(C)Cc1ccc2nc(N)sc2c1. The number of nitrogen functional groups attached to an aromatic ring is 1. The predicted octanol–water partition coefficient (Wildman–Crippen LogP) is 3.36. The largest absolute Gasteiger partial charge is 0.375 e. The van der Waals surface area contributed by atoms with E-state index in [0.29, 0.717) is 5.13 Å². The number of thiazole rings is 1. The van der Waals surface area contributed by atoms with Gasteiger partial charge in [0.05, 0.1) is 10.2 Å². The Kier molecular flexibility index (Phi) is 4.19. The third-order valence-corrected chi connectivity index (χ3v) is 4.09. The molecule has 0 radical (unpaired) electrons. The summed E-state index contributed by atoms with van der Waals surface area (Å²) in [6, 6.07) is 6.42. The van der Waals surface area contributed by atoms with Crippen molar-refractivity contribution in [1.29, 1.82) is 0 Å². The highest BCUT2D eigenvalue weighted by atomic mass is 32.1. The summed E-state index contributed by atoms with van der Waals surface area (Å²) in [7, 11) is 2.18. The van der Waals surface area contributed by atoms with Gasteiger partial charge in [-0.15, -0.1) is 0 Å². The van der Waals surface area contributed by atoms with Gasteiger partial charge in [0.15, 0.2) is 5.13 Å². The minimum Gasteiger partial charge on any atom is -0.375 e. The van der Waals surface area contributed by atoms with Crippen LogP contribution in [0.1, 0.15) is 25.8 Å². The minimum absolute atomic E-state index is 0.648. The molecule has 0 saturated carbocycles. The number of nitrogens with zero attached hydrogens (tertiary/aromatic N) is 2. The fourth-order valence-corrected chi connectivity index (χ4v) is 2.92. The summed E-state index contributed by atoms with van der Waals surface area (Å²) in [6.45, 7) is 6.66. The van der Waals surface area contributed by atoms with E-state index in [4.69, 9.17) is 5.73 Å². The number of anilines is 1. The first-order valence-corrected chi connectivity index (χ1v) is 7.23. The lowest BCUT2D eigenvalue weighted by molar-refractivity contribution is 0.275. The minimum atomic E-state index is 0.648. The van der Waals surface area contributed by atoms with Crippen LogP contribution in [-0.2, 0) is 6.54 Å². The number of nitrogens with two attached hydrogens (primary N) is 1. The number of aromatic nitrogens is 1. The summed E-state index contributed by atoms with van der Waals surface area (Å²) in [5.74, 6) is 0.748. The average molecular weight is 263 g/mol. The van der Waals surface area contributed by atoms with E-state index in [0.717, 1.165) is 24.5 Å². The van der Waals surface area contributed by atoms with Crippen molar-refractivity contribution in [3.8, 4) is 0 Å². The second kappa shape index (κ2) is 5.67. The van der Waals surface area contributed by atoms with Gasteiger partial charge in [0.1, 0.15) is 0 Å². The van der Waals surface area contributed by atoms with Gasteiger partial charge < -0.3 is 10.6 Å². The van der Waals surface area contributed by atoms with Gasteiger partial charge in [0.2, 0.25) is 0 Å². The average Bonchev–Trinajstić information content (AvgIpc) is 2.68. The van der Waals surface area contributed by atoms with Gasteiger partial charge >= 0.3 is 0 Å². The molecule has 98 valence electrons. The molecule has 0 fully saturated rings. The van der Waals surface area contributed by atoms with E-state index < -0.39 is 0 Å². The normalized spacial score (nSPS) is 13.3. The Hall–Kier alpha value is -1.13. The molecule has 1 heterocycles. The maximum Gasteiger partial charge on any atom is 0.181 e. The number of benzene rings is 1. The Morgan fingerprint density at radius 3 is 2.94 bits per heavy atom. The quantitative estimate of drug-likeness (QED) is 0.899. The Morgan fingerprint density at radius 1 is 1.44 bits per heavy atom. The van der Waals surface area contributed by atoms with Crippen LogP contribution in [0.2, 0.25) is 0 Å². The van der Waals surface area contributed by atoms with E-state index in [9.17, 15) is 0 Å². The third kappa shape index (κ3) is 3.21. The molecule has 0 spiro atoms. The molecule has 0 saturated heterocycles. The molecule has 1 aromatic heterocycles. The Morgan fingerprint density at radius 2 is 2.22 bits per heavy atom. The summed E-state index contributed by atoms with van der Waals surface area (Å²) in [5.41, 5.74) is 8.06. The van der Waals surface area contributed by atoms with Gasteiger partial charge in [0, 0.05) is 13.1 Å². The van der Waals surface area contributed by atoms with Crippen molar-refractivity contribution < 1.29 is 0 Å². The van der Waals surface area contributed by atoms with Crippen LogP contribution >= 0.6 is 11.3 Å². The van der Waals surface area contributed by atoms with E-state index >= 15 is 0 Å². The van der Waals surface area contributed by atoms with Gasteiger partial charge in [-0.3, -0.25) is 0 Å². The highest BCUT2D eigenvalue weighted by Crippen LogP contribution is 2.25. The Balaban J connectivity index is 2.07. The molecule has 1 unspecified atom stereocenters. The number of hydrogen-bond donors (Lipinski definition) is 1. The van der Waals surface area contributed by atoms with Crippen LogP contribution in [0.5, 0.6) is 0 Å². The molecule has 1 aromatic carbocycles. The monoisotopic (exact) mass is 263 g/mol. The first-order valence-electron chi connectivity index (χ1n) is 6.42. The maximum absolute atomic E-state index is 5.72. The van der Waals surface area contributed by atoms with Crippen molar-refractivity contribution in [2.45, 2.75) is 26.8 Å². The molecule has 18 heavy (non-hydrogen) atoms. The predicted molar refractivity (Wildman–Crippen MR) is 79.8 cm³/mol. The van der Waals surface area contributed by atoms with Crippen molar-refractivity contribution in [2.24, 2.45) is 5.92 Å². The van der Waals surface area contributed by atoms with Crippen LogP contribution in [0, 0.1) is 5.92 Å². The summed E-state index contributed by atoms with van der Waals surface area (Å²) in [5, 5.41) is 0.648. The highest BCUT2D eigenvalue weighted by molar-refractivity contribution is 7.22. The van der Waals surface area contributed by atoms with Crippen LogP contribution < -0.4 is 5.73 Å². The fourth-order valence-electron chi connectivity index (χ4n) is 2.12. The van der Waals surface area contributed by atoms with Crippen LogP contribution in [-0.4, -0.2) is 23.5 Å². The van der Waals surface area contributed by atoms with Crippen molar-refractivity contribution in [2.75, 3.05) is 19.3 Å². The first-order chi connectivity index (χ1) is 8.58. The fraction of sp³-hybridized carbons (Fsp3) is 0.500. The van der Waals surface area contributed by atoms with E-state index in [-0.39, 0.29) is 0 Å². The molecule has 0 aliphatic heterocycles. The topological polar surface area (TPSA) is 42.2 Å². The van der Waals surface area contributed by atoms with Crippen molar-refractivity contribution >= 4 is 26.7 Å². The molecule has 0 aliphatic rings. The van der Waals surface area contributed by atoms with Gasteiger partial charge in [-0.1, -0.05) is 37.7 Å². The molecule has 0 amide bonds. The number of rotatable bonds is 5. The smallest absolute Gasteiger partial charge is 0.181 e.